The molecule has 1 fully saturated rings. The molecule has 82 valence electrons. The largest absolute Gasteiger partial charge is 0.327 e. The van der Waals surface area contributed by atoms with Gasteiger partial charge in [-0.2, -0.15) is 0 Å². The highest BCUT2D eigenvalue weighted by Gasteiger charge is 2.25. The van der Waals surface area contributed by atoms with Crippen LogP contribution in [0.3, 0.4) is 0 Å². The smallest absolute Gasteiger partial charge is 0.0108 e. The molecular weight excluding hydrogens is 194 g/mol. The Hall–Kier alpha value is -1.34. The van der Waals surface area contributed by atoms with Gasteiger partial charge in [0.2, 0.25) is 0 Å². The molecule has 1 nitrogen and oxygen atoms in total. The Bertz CT molecular complexity index is 504. The summed E-state index contributed by atoms with van der Waals surface area (Å²) in [6, 6.07) is 15.7. The maximum absolute atomic E-state index is 6.16. The highest BCUT2D eigenvalue weighted by atomic mass is 14.7. The SMILES string of the molecule is NC1CCCC1c1ccc2ccccc2c1. The lowest BCUT2D eigenvalue weighted by Gasteiger charge is -2.16. The molecule has 0 heterocycles. The van der Waals surface area contributed by atoms with E-state index in [1.807, 2.05) is 0 Å². The lowest BCUT2D eigenvalue weighted by molar-refractivity contribution is 0.614. The number of benzene rings is 2. The topological polar surface area (TPSA) is 26.0 Å². The van der Waals surface area contributed by atoms with Gasteiger partial charge in [-0.05, 0) is 35.1 Å². The van der Waals surface area contributed by atoms with Gasteiger partial charge in [-0.25, -0.2) is 0 Å². The van der Waals surface area contributed by atoms with Crippen molar-refractivity contribution in [1.82, 2.24) is 0 Å². The molecule has 2 N–H and O–H groups in total. The molecule has 0 bridgehead atoms. The second-order valence-electron chi connectivity index (χ2n) is 4.81. The van der Waals surface area contributed by atoms with Crippen LogP contribution in [0.4, 0.5) is 0 Å². The molecule has 3 rings (SSSR count). The van der Waals surface area contributed by atoms with Crippen molar-refractivity contribution in [3.05, 3.63) is 48.0 Å². The Morgan fingerprint density at radius 1 is 0.938 bits per heavy atom. The first-order valence-electron chi connectivity index (χ1n) is 6.09. The molecule has 0 radical (unpaired) electrons. The van der Waals surface area contributed by atoms with Gasteiger partial charge >= 0.3 is 0 Å². The van der Waals surface area contributed by atoms with Crippen molar-refractivity contribution < 1.29 is 0 Å². The monoisotopic (exact) mass is 211 g/mol. The average molecular weight is 211 g/mol. The van der Waals surface area contributed by atoms with Crippen molar-refractivity contribution in [2.45, 2.75) is 31.2 Å². The van der Waals surface area contributed by atoms with E-state index >= 15 is 0 Å². The van der Waals surface area contributed by atoms with Crippen molar-refractivity contribution in [3.63, 3.8) is 0 Å². The molecule has 0 saturated heterocycles. The van der Waals surface area contributed by atoms with Gasteiger partial charge in [-0.1, -0.05) is 48.9 Å². The second kappa shape index (κ2) is 3.91. The summed E-state index contributed by atoms with van der Waals surface area (Å²) in [5, 5.41) is 2.65. The predicted molar refractivity (Wildman–Crippen MR) is 68.5 cm³/mol. The van der Waals surface area contributed by atoms with Gasteiger partial charge in [-0.3, -0.25) is 0 Å². The zero-order chi connectivity index (χ0) is 11.0. The fraction of sp³-hybridized carbons (Fsp3) is 0.333. The average Bonchev–Trinajstić information content (AvgIpc) is 2.75. The van der Waals surface area contributed by atoms with Crippen molar-refractivity contribution in [2.75, 3.05) is 0 Å². The molecule has 1 saturated carbocycles. The number of fused-ring (bicyclic) bond motifs is 1. The third-order valence-electron chi connectivity index (χ3n) is 3.77. The lowest BCUT2D eigenvalue weighted by Crippen LogP contribution is -2.22. The Labute approximate surface area is 96.3 Å². The van der Waals surface area contributed by atoms with Gasteiger partial charge in [0.25, 0.3) is 0 Å². The first kappa shape index (κ1) is 9.86. The number of hydrogen-bond acceptors (Lipinski definition) is 1. The summed E-state index contributed by atoms with van der Waals surface area (Å²) in [6.07, 6.45) is 3.70. The third-order valence-corrected chi connectivity index (χ3v) is 3.77. The van der Waals surface area contributed by atoms with E-state index in [1.165, 1.54) is 35.6 Å². The fourth-order valence-corrected chi connectivity index (χ4v) is 2.84. The number of nitrogens with two attached hydrogens (primary N) is 1. The predicted octanol–water partition coefficient (Wildman–Crippen LogP) is 3.43. The first-order chi connectivity index (χ1) is 7.84. The van der Waals surface area contributed by atoms with E-state index in [1.54, 1.807) is 0 Å². The third kappa shape index (κ3) is 1.61. The van der Waals surface area contributed by atoms with Gasteiger partial charge in [0.05, 0.1) is 0 Å². The Balaban J connectivity index is 2.04. The van der Waals surface area contributed by atoms with E-state index in [2.05, 4.69) is 42.5 Å². The van der Waals surface area contributed by atoms with Crippen LogP contribution in [0.25, 0.3) is 10.8 Å². The van der Waals surface area contributed by atoms with Crippen molar-refractivity contribution in [2.24, 2.45) is 5.73 Å². The van der Waals surface area contributed by atoms with Crippen LogP contribution in [-0.2, 0) is 0 Å². The fourth-order valence-electron chi connectivity index (χ4n) is 2.84. The molecule has 0 aliphatic heterocycles. The summed E-state index contributed by atoms with van der Waals surface area (Å²) < 4.78 is 0. The van der Waals surface area contributed by atoms with Crippen LogP contribution in [0.1, 0.15) is 30.7 Å². The molecule has 0 aromatic heterocycles. The van der Waals surface area contributed by atoms with Gasteiger partial charge < -0.3 is 5.73 Å². The maximum Gasteiger partial charge on any atom is 0.0108 e. The van der Waals surface area contributed by atoms with Gasteiger partial charge in [0.15, 0.2) is 0 Å². The minimum absolute atomic E-state index is 0.362. The van der Waals surface area contributed by atoms with Crippen LogP contribution in [0, 0.1) is 0 Å². The molecule has 1 aliphatic rings. The van der Waals surface area contributed by atoms with Gasteiger partial charge in [0.1, 0.15) is 0 Å². The van der Waals surface area contributed by atoms with E-state index in [0.717, 1.165) is 0 Å². The Kier molecular flexibility index (Phi) is 2.41. The Morgan fingerprint density at radius 3 is 2.50 bits per heavy atom. The Morgan fingerprint density at radius 2 is 1.75 bits per heavy atom. The highest BCUT2D eigenvalue weighted by molar-refractivity contribution is 5.83. The summed E-state index contributed by atoms with van der Waals surface area (Å²) in [7, 11) is 0. The molecule has 1 heteroatoms. The quantitative estimate of drug-likeness (QED) is 0.768. The zero-order valence-electron chi connectivity index (χ0n) is 9.39. The van der Waals surface area contributed by atoms with Crippen LogP contribution in [0.5, 0.6) is 0 Å². The van der Waals surface area contributed by atoms with Crippen LogP contribution < -0.4 is 5.73 Å². The number of rotatable bonds is 1. The molecule has 0 spiro atoms. The van der Waals surface area contributed by atoms with Crippen molar-refractivity contribution >= 4 is 10.8 Å². The van der Waals surface area contributed by atoms with E-state index < -0.39 is 0 Å². The summed E-state index contributed by atoms with van der Waals surface area (Å²) >= 11 is 0. The van der Waals surface area contributed by atoms with Crippen LogP contribution in [0.2, 0.25) is 0 Å². The summed E-state index contributed by atoms with van der Waals surface area (Å²) in [5.41, 5.74) is 7.58. The summed E-state index contributed by atoms with van der Waals surface area (Å²) in [6.45, 7) is 0. The first-order valence-corrected chi connectivity index (χ1v) is 6.09. The molecule has 2 aromatic carbocycles. The molecule has 1 aliphatic carbocycles. The van der Waals surface area contributed by atoms with Crippen LogP contribution in [-0.4, -0.2) is 6.04 Å². The van der Waals surface area contributed by atoms with Gasteiger partial charge in [-0.15, -0.1) is 0 Å². The number of hydrogen-bond donors (Lipinski definition) is 1. The van der Waals surface area contributed by atoms with E-state index in [-0.39, 0.29) is 0 Å². The molecule has 2 aromatic rings. The second-order valence-corrected chi connectivity index (χ2v) is 4.81. The minimum atomic E-state index is 0.362. The van der Waals surface area contributed by atoms with Crippen molar-refractivity contribution in [1.29, 1.82) is 0 Å². The highest BCUT2D eigenvalue weighted by Crippen LogP contribution is 2.34. The lowest BCUT2D eigenvalue weighted by atomic mass is 9.93. The van der Waals surface area contributed by atoms with Crippen molar-refractivity contribution in [3.8, 4) is 0 Å². The summed E-state index contributed by atoms with van der Waals surface area (Å²) in [4.78, 5) is 0. The van der Waals surface area contributed by atoms with Crippen LogP contribution in [0.15, 0.2) is 42.5 Å². The maximum atomic E-state index is 6.16. The van der Waals surface area contributed by atoms with Gasteiger partial charge in [0, 0.05) is 6.04 Å². The summed E-state index contributed by atoms with van der Waals surface area (Å²) in [5.74, 6) is 0.574. The molecule has 2 unspecified atom stereocenters. The van der Waals surface area contributed by atoms with E-state index in [4.69, 9.17) is 5.73 Å². The van der Waals surface area contributed by atoms with E-state index in [0.29, 0.717) is 12.0 Å². The molecule has 2 atom stereocenters. The normalized spacial score (nSPS) is 25.1. The minimum Gasteiger partial charge on any atom is -0.327 e. The zero-order valence-corrected chi connectivity index (χ0v) is 9.39. The van der Waals surface area contributed by atoms with Crippen LogP contribution >= 0.6 is 0 Å². The standard InChI is InChI=1S/C15H17N/c16-15-7-3-6-14(15)13-9-8-11-4-1-2-5-12(11)10-13/h1-2,4-5,8-10,14-15H,3,6-7,16H2. The van der Waals surface area contributed by atoms with E-state index in [9.17, 15) is 0 Å². The molecular formula is C15H17N. The molecule has 0 amide bonds. The molecule has 16 heavy (non-hydrogen) atoms.